The summed E-state index contributed by atoms with van der Waals surface area (Å²) in [6.07, 6.45) is 7.77. The quantitative estimate of drug-likeness (QED) is 0.495. The summed E-state index contributed by atoms with van der Waals surface area (Å²) >= 11 is 0. The summed E-state index contributed by atoms with van der Waals surface area (Å²) < 4.78 is 10.8. The van der Waals surface area contributed by atoms with E-state index in [4.69, 9.17) is 9.47 Å². The summed E-state index contributed by atoms with van der Waals surface area (Å²) in [4.78, 5) is 11.1. The zero-order chi connectivity index (χ0) is 14.1. The molecule has 1 rings (SSSR count). The van der Waals surface area contributed by atoms with Gasteiger partial charge >= 0.3 is 5.97 Å². The molecule has 3 unspecified atom stereocenters. The lowest BCUT2D eigenvalue weighted by molar-refractivity contribution is -0.143. The van der Waals surface area contributed by atoms with Crippen LogP contribution in [-0.4, -0.2) is 25.3 Å². The molecule has 0 N–H and O–H groups in total. The molecule has 1 fully saturated rings. The Kier molecular flexibility index (Phi) is 8.11. The predicted octanol–water partition coefficient (Wildman–Crippen LogP) is 3.95. The maximum Gasteiger partial charge on any atom is 0.305 e. The second kappa shape index (κ2) is 9.35. The van der Waals surface area contributed by atoms with Crippen LogP contribution in [0.25, 0.3) is 0 Å². The van der Waals surface area contributed by atoms with Crippen molar-refractivity contribution in [3.8, 4) is 0 Å². The molecule has 0 aliphatic heterocycles. The van der Waals surface area contributed by atoms with Gasteiger partial charge in [-0.2, -0.15) is 0 Å². The van der Waals surface area contributed by atoms with Crippen molar-refractivity contribution in [3.63, 3.8) is 0 Å². The Morgan fingerprint density at radius 2 is 1.89 bits per heavy atom. The van der Waals surface area contributed by atoms with Crippen molar-refractivity contribution in [3.05, 3.63) is 0 Å². The average Bonchev–Trinajstić information content (AvgIpc) is 2.38. The molecule has 1 aliphatic carbocycles. The Bertz CT molecular complexity index is 252. The highest BCUT2D eigenvalue weighted by Crippen LogP contribution is 2.30. The number of carbonyl (C=O) groups excluding carboxylic acids is 1. The number of carbonyl (C=O) groups is 1. The highest BCUT2D eigenvalue weighted by Gasteiger charge is 2.24. The minimum atomic E-state index is -0.0708. The van der Waals surface area contributed by atoms with Gasteiger partial charge in [-0.25, -0.2) is 0 Å². The second-order valence-corrected chi connectivity index (χ2v) is 5.88. The van der Waals surface area contributed by atoms with E-state index >= 15 is 0 Å². The second-order valence-electron chi connectivity index (χ2n) is 5.88. The maximum atomic E-state index is 11.1. The highest BCUT2D eigenvalue weighted by molar-refractivity contribution is 5.69. The van der Waals surface area contributed by atoms with Crippen LogP contribution in [0.5, 0.6) is 0 Å². The van der Waals surface area contributed by atoms with Crippen LogP contribution in [0.15, 0.2) is 0 Å². The van der Waals surface area contributed by atoms with Gasteiger partial charge in [0.15, 0.2) is 0 Å². The molecule has 19 heavy (non-hydrogen) atoms. The zero-order valence-corrected chi connectivity index (χ0v) is 12.8. The van der Waals surface area contributed by atoms with Crippen LogP contribution in [0.1, 0.15) is 65.7 Å². The fraction of sp³-hybridized carbons (Fsp3) is 0.938. The zero-order valence-electron chi connectivity index (χ0n) is 12.8. The molecule has 0 radical (unpaired) electrons. The summed E-state index contributed by atoms with van der Waals surface area (Å²) in [6, 6.07) is 0. The molecule has 3 heteroatoms. The van der Waals surface area contributed by atoms with Gasteiger partial charge in [0, 0.05) is 13.0 Å². The lowest BCUT2D eigenvalue weighted by Gasteiger charge is -2.31. The summed E-state index contributed by atoms with van der Waals surface area (Å²) in [5.74, 6) is 1.57. The van der Waals surface area contributed by atoms with Crippen molar-refractivity contribution >= 4 is 5.97 Å². The third kappa shape index (κ3) is 6.95. The molecule has 0 heterocycles. The van der Waals surface area contributed by atoms with Crippen LogP contribution in [0.2, 0.25) is 0 Å². The summed E-state index contributed by atoms with van der Waals surface area (Å²) in [5, 5.41) is 0. The topological polar surface area (TPSA) is 35.5 Å². The van der Waals surface area contributed by atoms with Gasteiger partial charge in [0.25, 0.3) is 0 Å². The molecule has 3 atom stereocenters. The van der Waals surface area contributed by atoms with Crippen molar-refractivity contribution in [2.75, 3.05) is 13.2 Å². The Labute approximate surface area is 118 Å². The van der Waals surface area contributed by atoms with E-state index in [2.05, 4.69) is 13.8 Å². The molecule has 1 aliphatic rings. The van der Waals surface area contributed by atoms with E-state index in [1.165, 1.54) is 19.3 Å². The van der Waals surface area contributed by atoms with Gasteiger partial charge in [-0.15, -0.1) is 0 Å². The van der Waals surface area contributed by atoms with Crippen LogP contribution >= 0.6 is 0 Å². The minimum Gasteiger partial charge on any atom is -0.466 e. The first-order valence-electron chi connectivity index (χ1n) is 7.90. The Morgan fingerprint density at radius 1 is 1.11 bits per heavy atom. The molecule has 0 aromatic heterocycles. The van der Waals surface area contributed by atoms with Crippen LogP contribution in [0, 0.1) is 11.8 Å². The number of unbranched alkanes of at least 4 members (excludes halogenated alkanes) is 2. The van der Waals surface area contributed by atoms with E-state index in [1.807, 2.05) is 6.92 Å². The third-order valence-electron chi connectivity index (χ3n) is 4.23. The van der Waals surface area contributed by atoms with Gasteiger partial charge in [-0.05, 0) is 50.9 Å². The molecule has 0 bridgehead atoms. The van der Waals surface area contributed by atoms with Crippen LogP contribution in [0.3, 0.4) is 0 Å². The van der Waals surface area contributed by atoms with Crippen LogP contribution in [0.4, 0.5) is 0 Å². The van der Waals surface area contributed by atoms with Gasteiger partial charge in [-0.1, -0.05) is 20.3 Å². The van der Waals surface area contributed by atoms with Gasteiger partial charge < -0.3 is 9.47 Å². The monoisotopic (exact) mass is 270 g/mol. The number of esters is 1. The lowest BCUT2D eigenvalue weighted by Crippen LogP contribution is -2.26. The molecule has 1 saturated carbocycles. The molecule has 0 spiro atoms. The summed E-state index contributed by atoms with van der Waals surface area (Å²) in [7, 11) is 0. The fourth-order valence-corrected chi connectivity index (χ4v) is 2.68. The SMILES string of the molecule is CCOC(=O)CCCCCOC1CCC(C)C(C)C1. The normalized spacial score (nSPS) is 27.2. The van der Waals surface area contributed by atoms with E-state index in [1.54, 1.807) is 0 Å². The first kappa shape index (κ1) is 16.5. The summed E-state index contributed by atoms with van der Waals surface area (Å²) in [5.41, 5.74) is 0. The molecule has 3 nitrogen and oxygen atoms in total. The Hall–Kier alpha value is -0.570. The van der Waals surface area contributed by atoms with Crippen molar-refractivity contribution in [2.45, 2.75) is 71.8 Å². The molecular formula is C16H30O3. The van der Waals surface area contributed by atoms with Crippen molar-refractivity contribution in [2.24, 2.45) is 11.8 Å². The van der Waals surface area contributed by atoms with Crippen molar-refractivity contribution in [1.29, 1.82) is 0 Å². The molecule has 112 valence electrons. The van der Waals surface area contributed by atoms with Gasteiger partial charge in [0.1, 0.15) is 0 Å². The predicted molar refractivity (Wildman–Crippen MR) is 77.0 cm³/mol. The minimum absolute atomic E-state index is 0.0708. The summed E-state index contributed by atoms with van der Waals surface area (Å²) in [6.45, 7) is 7.85. The molecule has 0 amide bonds. The molecule has 0 aromatic carbocycles. The third-order valence-corrected chi connectivity index (χ3v) is 4.23. The number of ether oxygens (including phenoxy) is 2. The lowest BCUT2D eigenvalue weighted by atomic mass is 9.80. The largest absolute Gasteiger partial charge is 0.466 e. The van der Waals surface area contributed by atoms with E-state index in [0.29, 0.717) is 19.1 Å². The maximum absolute atomic E-state index is 11.1. The van der Waals surface area contributed by atoms with Gasteiger partial charge in [0.2, 0.25) is 0 Å². The first-order valence-corrected chi connectivity index (χ1v) is 7.90. The van der Waals surface area contributed by atoms with Gasteiger partial charge in [-0.3, -0.25) is 4.79 Å². The Morgan fingerprint density at radius 3 is 2.58 bits per heavy atom. The number of hydrogen-bond donors (Lipinski definition) is 0. The van der Waals surface area contributed by atoms with E-state index < -0.39 is 0 Å². The molecule has 0 saturated heterocycles. The smallest absolute Gasteiger partial charge is 0.305 e. The Balaban J connectivity index is 1.95. The van der Waals surface area contributed by atoms with Crippen LogP contribution in [-0.2, 0) is 14.3 Å². The van der Waals surface area contributed by atoms with Gasteiger partial charge in [0.05, 0.1) is 12.7 Å². The van der Waals surface area contributed by atoms with Crippen LogP contribution < -0.4 is 0 Å². The standard InChI is InChI=1S/C16H30O3/c1-4-18-16(17)8-6-5-7-11-19-15-10-9-13(2)14(3)12-15/h13-15H,4-12H2,1-3H3. The molecule has 0 aromatic rings. The number of rotatable bonds is 8. The highest BCUT2D eigenvalue weighted by atomic mass is 16.5. The van der Waals surface area contributed by atoms with E-state index in [0.717, 1.165) is 37.7 Å². The van der Waals surface area contributed by atoms with Crippen molar-refractivity contribution in [1.82, 2.24) is 0 Å². The average molecular weight is 270 g/mol. The fourth-order valence-electron chi connectivity index (χ4n) is 2.68. The van der Waals surface area contributed by atoms with E-state index in [-0.39, 0.29) is 5.97 Å². The number of hydrogen-bond acceptors (Lipinski definition) is 3. The molecular weight excluding hydrogens is 240 g/mol. The van der Waals surface area contributed by atoms with Crippen molar-refractivity contribution < 1.29 is 14.3 Å². The first-order chi connectivity index (χ1) is 9.13. The van der Waals surface area contributed by atoms with E-state index in [9.17, 15) is 4.79 Å².